The summed E-state index contributed by atoms with van der Waals surface area (Å²) in [5.41, 5.74) is 0.437. The van der Waals surface area contributed by atoms with Crippen molar-refractivity contribution < 1.29 is 36.9 Å². The number of nitrogens with one attached hydrogen (secondary N) is 2. The number of hydrogen-bond acceptors (Lipinski definition) is 7. The highest BCUT2D eigenvalue weighted by Crippen LogP contribution is 2.29. The summed E-state index contributed by atoms with van der Waals surface area (Å²) in [5.74, 6) is -0.610. The first-order valence-corrected chi connectivity index (χ1v) is 14.0. The van der Waals surface area contributed by atoms with Crippen LogP contribution in [0.3, 0.4) is 0 Å². The Balaban J connectivity index is 2.38. The van der Waals surface area contributed by atoms with Crippen molar-refractivity contribution in [1.82, 2.24) is 9.62 Å². The number of aliphatic hydroxyl groups is 1. The van der Waals surface area contributed by atoms with Crippen LogP contribution in [0, 0.1) is 5.92 Å². The molecule has 0 aliphatic heterocycles. The molecule has 2 rings (SSSR count). The lowest BCUT2D eigenvalue weighted by molar-refractivity contribution is 0.0980. The largest absolute Gasteiger partial charge is 0.506 e. The van der Waals surface area contributed by atoms with Crippen molar-refractivity contribution >= 4 is 31.8 Å². The summed E-state index contributed by atoms with van der Waals surface area (Å²) in [6.07, 6.45) is -1.77. The van der Waals surface area contributed by atoms with E-state index < -0.39 is 50.6 Å². The Morgan fingerprint density at radius 2 is 1.66 bits per heavy atom. The van der Waals surface area contributed by atoms with Crippen LogP contribution in [0.1, 0.15) is 19.4 Å². The molecule has 5 N–H and O–H groups in total. The summed E-state index contributed by atoms with van der Waals surface area (Å²) >= 11 is 0. The third-order valence-electron chi connectivity index (χ3n) is 4.93. The van der Waals surface area contributed by atoms with Crippen LogP contribution in [0.5, 0.6) is 5.75 Å². The monoisotopic (exact) mass is 529 g/mol. The number of anilines is 1. The van der Waals surface area contributed by atoms with E-state index in [2.05, 4.69) is 10.0 Å². The predicted octanol–water partition coefficient (Wildman–Crippen LogP) is 1.65. The van der Waals surface area contributed by atoms with Gasteiger partial charge in [-0.3, -0.25) is 4.72 Å². The number of aliphatic hydroxyl groups excluding tert-OH is 1. The van der Waals surface area contributed by atoms with Gasteiger partial charge in [0.2, 0.25) is 20.0 Å². The second-order valence-corrected chi connectivity index (χ2v) is 12.3. The fraction of sp³-hybridized carbons (Fsp3) is 0.409. The van der Waals surface area contributed by atoms with Crippen molar-refractivity contribution in [3.8, 4) is 5.75 Å². The summed E-state index contributed by atoms with van der Waals surface area (Å²) in [6, 6.07) is 11.0. The minimum Gasteiger partial charge on any atom is -0.506 e. The number of sulfonamides is 2. The molecule has 0 radical (unpaired) electrons. The highest BCUT2D eigenvalue weighted by molar-refractivity contribution is 7.92. The first-order chi connectivity index (χ1) is 16.2. The number of phenols is 1. The molecular weight excluding hydrogens is 498 g/mol. The van der Waals surface area contributed by atoms with Gasteiger partial charge in [-0.25, -0.2) is 21.6 Å². The van der Waals surface area contributed by atoms with E-state index in [1.807, 2.05) is 0 Å². The molecule has 1 amide bonds. The van der Waals surface area contributed by atoms with Gasteiger partial charge in [-0.15, -0.1) is 0 Å². The van der Waals surface area contributed by atoms with Crippen LogP contribution in [0.25, 0.3) is 0 Å². The summed E-state index contributed by atoms with van der Waals surface area (Å²) < 4.78 is 53.2. The van der Waals surface area contributed by atoms with E-state index in [9.17, 15) is 36.9 Å². The van der Waals surface area contributed by atoms with Crippen molar-refractivity contribution in [3.63, 3.8) is 0 Å². The van der Waals surface area contributed by atoms with Crippen LogP contribution >= 0.6 is 0 Å². The molecular formula is C22H31N3O8S2. The standard InChI is InChI=1S/C22H31N3O8S2/c1-15(2)13-25(14-21(27)18(23-22(28)29)11-16-7-5-4-6-8-16)35(32,33)17-9-10-20(26)19(12-17)24-34(3,30)31/h4-10,12,15,18,21,23-24,26-27H,11,13-14H2,1-3H3,(H,28,29)/t18-,21+/m0/s1. The summed E-state index contributed by atoms with van der Waals surface area (Å²) in [5, 5.41) is 32.4. The predicted molar refractivity (Wildman–Crippen MR) is 131 cm³/mol. The van der Waals surface area contributed by atoms with Gasteiger partial charge in [-0.05, 0) is 36.1 Å². The fourth-order valence-corrected chi connectivity index (χ4v) is 5.64. The Hall–Kier alpha value is -2.87. The molecule has 2 aromatic carbocycles. The van der Waals surface area contributed by atoms with Gasteiger partial charge in [0.15, 0.2) is 0 Å². The number of hydrogen-bond donors (Lipinski definition) is 5. The lowest BCUT2D eigenvalue weighted by Gasteiger charge is -2.30. The number of aromatic hydroxyl groups is 1. The van der Waals surface area contributed by atoms with Gasteiger partial charge in [0.25, 0.3) is 0 Å². The van der Waals surface area contributed by atoms with Gasteiger partial charge in [0, 0.05) is 13.1 Å². The van der Waals surface area contributed by atoms with Crippen LogP contribution < -0.4 is 10.0 Å². The fourth-order valence-electron chi connectivity index (χ4n) is 3.43. The van der Waals surface area contributed by atoms with Crippen molar-refractivity contribution in [2.45, 2.75) is 37.3 Å². The average Bonchev–Trinajstić information content (AvgIpc) is 2.73. The number of carboxylic acid groups (broad SMARTS) is 1. The molecule has 35 heavy (non-hydrogen) atoms. The Morgan fingerprint density at radius 1 is 1.03 bits per heavy atom. The molecule has 0 heterocycles. The SMILES string of the molecule is CC(C)CN(C[C@@H](O)[C@H](Cc1ccccc1)NC(=O)O)S(=O)(=O)c1ccc(O)c(NS(C)(=O)=O)c1. The van der Waals surface area contributed by atoms with Crippen LogP contribution in [-0.4, -0.2) is 74.0 Å². The summed E-state index contributed by atoms with van der Waals surface area (Å²) in [4.78, 5) is 11.0. The van der Waals surface area contributed by atoms with E-state index in [1.165, 1.54) is 0 Å². The number of phenolic OH excluding ortho intramolecular Hbond substituents is 1. The van der Waals surface area contributed by atoms with Crippen molar-refractivity contribution in [3.05, 3.63) is 54.1 Å². The van der Waals surface area contributed by atoms with E-state index in [1.54, 1.807) is 44.2 Å². The lowest BCUT2D eigenvalue weighted by Crippen LogP contribution is -2.50. The molecule has 2 atom stereocenters. The molecule has 0 aliphatic carbocycles. The number of rotatable bonds is 12. The zero-order chi connectivity index (χ0) is 26.4. The van der Waals surface area contributed by atoms with Crippen LogP contribution in [0.4, 0.5) is 10.5 Å². The van der Waals surface area contributed by atoms with Crippen molar-refractivity contribution in [1.29, 1.82) is 0 Å². The molecule has 0 saturated heterocycles. The van der Waals surface area contributed by atoms with E-state index in [0.717, 1.165) is 34.3 Å². The van der Waals surface area contributed by atoms with Crippen molar-refractivity contribution in [2.24, 2.45) is 5.92 Å². The topological polar surface area (TPSA) is 173 Å². The third-order valence-corrected chi connectivity index (χ3v) is 7.35. The van der Waals surface area contributed by atoms with Gasteiger partial charge in [-0.1, -0.05) is 44.2 Å². The molecule has 0 bridgehead atoms. The van der Waals surface area contributed by atoms with Crippen LogP contribution in [0.2, 0.25) is 0 Å². The van der Waals surface area contributed by atoms with Gasteiger partial charge in [0.05, 0.1) is 29.0 Å². The van der Waals surface area contributed by atoms with E-state index in [4.69, 9.17) is 0 Å². The quantitative estimate of drug-likeness (QED) is 0.258. The highest BCUT2D eigenvalue weighted by atomic mass is 32.2. The van der Waals surface area contributed by atoms with Crippen LogP contribution in [0.15, 0.2) is 53.4 Å². The molecule has 194 valence electrons. The minimum atomic E-state index is -4.27. The number of nitrogens with zero attached hydrogens (tertiary/aromatic N) is 1. The molecule has 2 aromatic rings. The Morgan fingerprint density at radius 3 is 2.20 bits per heavy atom. The average molecular weight is 530 g/mol. The number of carbonyl (C=O) groups is 1. The maximum atomic E-state index is 13.5. The zero-order valence-electron chi connectivity index (χ0n) is 19.6. The number of benzene rings is 2. The van der Waals surface area contributed by atoms with Gasteiger partial charge >= 0.3 is 6.09 Å². The van der Waals surface area contributed by atoms with E-state index >= 15 is 0 Å². The smallest absolute Gasteiger partial charge is 0.404 e. The van der Waals surface area contributed by atoms with E-state index in [0.29, 0.717) is 0 Å². The Bertz CT molecular complexity index is 1220. The molecule has 13 heteroatoms. The lowest BCUT2D eigenvalue weighted by atomic mass is 10.0. The molecule has 11 nitrogen and oxygen atoms in total. The second-order valence-electron chi connectivity index (χ2n) is 8.58. The molecule has 0 saturated carbocycles. The van der Waals surface area contributed by atoms with Crippen LogP contribution in [-0.2, 0) is 26.5 Å². The maximum Gasteiger partial charge on any atom is 0.404 e. The summed E-state index contributed by atoms with van der Waals surface area (Å²) in [6.45, 7) is 3.13. The maximum absolute atomic E-state index is 13.5. The molecule has 0 aromatic heterocycles. The zero-order valence-corrected chi connectivity index (χ0v) is 21.3. The molecule has 0 unspecified atom stereocenters. The third kappa shape index (κ3) is 8.69. The number of amides is 1. The van der Waals surface area contributed by atoms with Crippen molar-refractivity contribution in [2.75, 3.05) is 24.1 Å². The molecule has 0 fully saturated rings. The molecule has 0 aliphatic rings. The van der Waals surface area contributed by atoms with Gasteiger partial charge in [-0.2, -0.15) is 4.31 Å². The normalized spacial score (nSPS) is 14.0. The minimum absolute atomic E-state index is 0.000235. The van der Waals surface area contributed by atoms with E-state index in [-0.39, 0.29) is 29.5 Å². The first-order valence-electron chi connectivity index (χ1n) is 10.7. The Labute approximate surface area is 205 Å². The molecule has 0 spiro atoms. The first kappa shape index (κ1) is 28.4. The van der Waals surface area contributed by atoms with Gasteiger partial charge < -0.3 is 20.6 Å². The Kier molecular flexibility index (Phi) is 9.49. The highest BCUT2D eigenvalue weighted by Gasteiger charge is 2.32. The summed E-state index contributed by atoms with van der Waals surface area (Å²) in [7, 11) is -8.06. The van der Waals surface area contributed by atoms with Gasteiger partial charge in [0.1, 0.15) is 5.75 Å². The second kappa shape index (κ2) is 11.7.